The number of aromatic nitrogens is 2. The molecule has 2 aromatic rings. The van der Waals surface area contributed by atoms with Crippen molar-refractivity contribution < 1.29 is 4.74 Å². The molecule has 0 radical (unpaired) electrons. The summed E-state index contributed by atoms with van der Waals surface area (Å²) in [6.45, 7) is 8.03. The van der Waals surface area contributed by atoms with Crippen LogP contribution in [0.1, 0.15) is 16.4 Å². The van der Waals surface area contributed by atoms with Crippen molar-refractivity contribution >= 4 is 22.7 Å². The van der Waals surface area contributed by atoms with Gasteiger partial charge in [0, 0.05) is 48.2 Å². The molecule has 23 heavy (non-hydrogen) atoms. The van der Waals surface area contributed by atoms with Crippen molar-refractivity contribution in [3.05, 3.63) is 33.2 Å². The summed E-state index contributed by atoms with van der Waals surface area (Å²) in [6.07, 6.45) is 5.01. The molecule has 2 saturated heterocycles. The topological polar surface area (TPSA) is 41.5 Å². The molecule has 5 nitrogen and oxygen atoms in total. The third-order valence-corrected chi connectivity index (χ3v) is 6.25. The van der Waals surface area contributed by atoms with Gasteiger partial charge in [0.1, 0.15) is 10.0 Å². The van der Waals surface area contributed by atoms with Crippen LogP contribution < -0.4 is 0 Å². The van der Waals surface area contributed by atoms with Gasteiger partial charge in [-0.05, 0) is 13.0 Å². The maximum atomic E-state index is 5.97. The Hall–Kier alpha value is -0.860. The highest BCUT2D eigenvalue weighted by Gasteiger charge is 2.41. The van der Waals surface area contributed by atoms with E-state index in [2.05, 4.69) is 30.5 Å². The van der Waals surface area contributed by atoms with Gasteiger partial charge in [0.05, 0.1) is 26.3 Å². The number of ether oxygens (including phenoxy) is 1. The maximum absolute atomic E-state index is 5.97. The van der Waals surface area contributed by atoms with Crippen LogP contribution in [-0.2, 0) is 17.8 Å². The molecule has 1 atom stereocenters. The zero-order valence-corrected chi connectivity index (χ0v) is 14.8. The van der Waals surface area contributed by atoms with Gasteiger partial charge in [-0.3, -0.25) is 9.80 Å². The molecule has 4 heterocycles. The van der Waals surface area contributed by atoms with Gasteiger partial charge in [-0.25, -0.2) is 9.97 Å². The van der Waals surface area contributed by atoms with Crippen molar-refractivity contribution in [1.29, 1.82) is 0 Å². The zero-order chi connectivity index (χ0) is 15.5. The minimum Gasteiger partial charge on any atom is -0.379 e. The minimum absolute atomic E-state index is 0.269. The molecule has 4 rings (SSSR count). The Kier molecular flexibility index (Phi) is 4.73. The first-order chi connectivity index (χ1) is 11.3. The lowest BCUT2D eigenvalue weighted by Crippen LogP contribution is -2.40. The molecule has 0 aliphatic carbocycles. The van der Waals surface area contributed by atoms with E-state index in [4.69, 9.17) is 4.74 Å². The van der Waals surface area contributed by atoms with Gasteiger partial charge in [0.25, 0.3) is 0 Å². The molecule has 0 saturated carbocycles. The van der Waals surface area contributed by atoms with Crippen molar-refractivity contribution in [3.63, 3.8) is 0 Å². The molecular weight excluding hydrogens is 328 g/mol. The van der Waals surface area contributed by atoms with E-state index in [9.17, 15) is 0 Å². The summed E-state index contributed by atoms with van der Waals surface area (Å²) in [6, 6.07) is 0. The molecule has 7 heteroatoms. The summed E-state index contributed by atoms with van der Waals surface area (Å²) in [5, 5.41) is 6.55. The van der Waals surface area contributed by atoms with Gasteiger partial charge < -0.3 is 4.74 Å². The van der Waals surface area contributed by atoms with E-state index in [1.165, 1.54) is 16.4 Å². The minimum atomic E-state index is 0.269. The Labute approximate surface area is 144 Å². The summed E-state index contributed by atoms with van der Waals surface area (Å²) in [5.41, 5.74) is 0.269. The molecular formula is C16H22N4OS2. The normalized spacial score (nSPS) is 26.8. The van der Waals surface area contributed by atoms with Crippen LogP contribution >= 0.6 is 22.7 Å². The standard InChI is InChI=1S/C16H22N4OS2/c1-4-19(9-14-17-2-7-22-14)11-16(1)12-20(5-6-21-13-16)10-15-18-3-8-23-15/h2-3,7-8H,1,4-6,9-13H2/t16-/m1/s1. The lowest BCUT2D eigenvalue weighted by atomic mass is 9.87. The number of rotatable bonds is 4. The van der Waals surface area contributed by atoms with Gasteiger partial charge >= 0.3 is 0 Å². The summed E-state index contributed by atoms with van der Waals surface area (Å²) < 4.78 is 5.97. The largest absolute Gasteiger partial charge is 0.379 e. The van der Waals surface area contributed by atoms with Gasteiger partial charge in [-0.1, -0.05) is 0 Å². The zero-order valence-electron chi connectivity index (χ0n) is 13.2. The summed E-state index contributed by atoms with van der Waals surface area (Å²) in [7, 11) is 0. The van der Waals surface area contributed by atoms with E-state index in [-0.39, 0.29) is 5.41 Å². The van der Waals surface area contributed by atoms with Crippen LogP contribution in [0.25, 0.3) is 0 Å². The van der Waals surface area contributed by atoms with Crippen molar-refractivity contribution in [2.24, 2.45) is 5.41 Å². The van der Waals surface area contributed by atoms with Crippen LogP contribution in [0.3, 0.4) is 0 Å². The monoisotopic (exact) mass is 350 g/mol. The first-order valence-corrected chi connectivity index (χ1v) is 9.87. The van der Waals surface area contributed by atoms with E-state index in [1.54, 1.807) is 22.7 Å². The molecule has 0 amide bonds. The van der Waals surface area contributed by atoms with E-state index in [0.717, 1.165) is 52.5 Å². The van der Waals surface area contributed by atoms with Crippen molar-refractivity contribution in [2.45, 2.75) is 19.5 Å². The SMILES string of the molecule is c1csc(CN2CCOC[C@@]3(CCN(Cc4nccs4)C3)C2)n1. The second-order valence-corrected chi connectivity index (χ2v) is 8.53. The van der Waals surface area contributed by atoms with E-state index >= 15 is 0 Å². The Morgan fingerprint density at radius 1 is 1.00 bits per heavy atom. The maximum Gasteiger partial charge on any atom is 0.107 e. The molecule has 2 fully saturated rings. The molecule has 2 aliphatic heterocycles. The molecule has 2 aromatic heterocycles. The van der Waals surface area contributed by atoms with E-state index in [0.29, 0.717) is 0 Å². The molecule has 124 valence electrons. The highest BCUT2D eigenvalue weighted by molar-refractivity contribution is 7.09. The van der Waals surface area contributed by atoms with E-state index in [1.807, 2.05) is 12.4 Å². The average molecular weight is 351 g/mol. The lowest BCUT2D eigenvalue weighted by Gasteiger charge is -2.31. The molecule has 0 aromatic carbocycles. The molecule has 2 aliphatic rings. The summed E-state index contributed by atoms with van der Waals surface area (Å²) in [5.74, 6) is 0. The third-order valence-electron chi connectivity index (χ3n) is 4.72. The smallest absolute Gasteiger partial charge is 0.107 e. The number of hydrogen-bond acceptors (Lipinski definition) is 7. The average Bonchev–Trinajstić information content (AvgIpc) is 3.25. The van der Waals surface area contributed by atoms with Gasteiger partial charge in [0.2, 0.25) is 0 Å². The van der Waals surface area contributed by atoms with Gasteiger partial charge in [-0.2, -0.15) is 0 Å². The second kappa shape index (κ2) is 6.94. The quantitative estimate of drug-likeness (QED) is 0.846. The van der Waals surface area contributed by atoms with Crippen molar-refractivity contribution in [1.82, 2.24) is 19.8 Å². The van der Waals surface area contributed by atoms with Crippen LogP contribution in [0.5, 0.6) is 0 Å². The summed E-state index contributed by atoms with van der Waals surface area (Å²) in [4.78, 5) is 13.9. The number of thiazole rings is 2. The molecule has 0 N–H and O–H groups in total. The number of hydrogen-bond donors (Lipinski definition) is 0. The van der Waals surface area contributed by atoms with Crippen LogP contribution in [0.2, 0.25) is 0 Å². The van der Waals surface area contributed by atoms with Crippen LogP contribution in [-0.4, -0.2) is 59.2 Å². The number of nitrogens with zero attached hydrogens (tertiary/aromatic N) is 4. The predicted molar refractivity (Wildman–Crippen MR) is 92.7 cm³/mol. The Morgan fingerprint density at radius 2 is 1.65 bits per heavy atom. The Bertz CT molecular complexity index is 604. The van der Waals surface area contributed by atoms with Gasteiger partial charge in [-0.15, -0.1) is 22.7 Å². The fourth-order valence-electron chi connectivity index (χ4n) is 3.67. The molecule has 0 unspecified atom stereocenters. The molecule has 1 spiro atoms. The first kappa shape index (κ1) is 15.7. The fourth-order valence-corrected chi connectivity index (χ4v) is 4.99. The van der Waals surface area contributed by atoms with Crippen LogP contribution in [0.4, 0.5) is 0 Å². The first-order valence-electron chi connectivity index (χ1n) is 8.11. The van der Waals surface area contributed by atoms with E-state index < -0.39 is 0 Å². The number of likely N-dealkylation sites (tertiary alicyclic amines) is 1. The third kappa shape index (κ3) is 3.80. The highest BCUT2D eigenvalue weighted by atomic mass is 32.1. The van der Waals surface area contributed by atoms with Crippen LogP contribution in [0.15, 0.2) is 23.2 Å². The summed E-state index contributed by atoms with van der Waals surface area (Å²) >= 11 is 3.50. The van der Waals surface area contributed by atoms with Crippen molar-refractivity contribution in [2.75, 3.05) is 39.4 Å². The lowest BCUT2D eigenvalue weighted by molar-refractivity contribution is 0.0706. The van der Waals surface area contributed by atoms with Gasteiger partial charge in [0.15, 0.2) is 0 Å². The Balaban J connectivity index is 1.40. The van der Waals surface area contributed by atoms with Crippen LogP contribution in [0, 0.1) is 5.41 Å². The molecule has 0 bridgehead atoms. The van der Waals surface area contributed by atoms with Crippen molar-refractivity contribution in [3.8, 4) is 0 Å². The highest BCUT2D eigenvalue weighted by Crippen LogP contribution is 2.34. The Morgan fingerprint density at radius 3 is 2.26 bits per heavy atom. The second-order valence-electron chi connectivity index (χ2n) is 6.58. The fraction of sp³-hybridized carbons (Fsp3) is 0.625. The predicted octanol–water partition coefficient (Wildman–Crippen LogP) is 2.32.